The first-order chi connectivity index (χ1) is 7.18. The zero-order chi connectivity index (χ0) is 10.8. The fourth-order valence-electron chi connectivity index (χ4n) is 1.27. The number of hydrogen-bond donors (Lipinski definition) is 0. The van der Waals surface area contributed by atoms with Crippen molar-refractivity contribution >= 4 is 15.9 Å². The molecule has 4 heteroatoms. The third-order valence-corrected chi connectivity index (χ3v) is 2.78. The summed E-state index contributed by atoms with van der Waals surface area (Å²) in [5, 5.41) is 0. The monoisotopic (exact) mass is 266 g/mol. The van der Waals surface area contributed by atoms with Crippen molar-refractivity contribution in [2.24, 2.45) is 0 Å². The Hall–Kier alpha value is -1.29. The normalized spacial score (nSPS) is 10.3. The van der Waals surface area contributed by atoms with Crippen LogP contribution in [0.3, 0.4) is 0 Å². The summed E-state index contributed by atoms with van der Waals surface area (Å²) in [6.07, 6.45) is 3.10. The highest BCUT2D eigenvalue weighted by Crippen LogP contribution is 2.26. The van der Waals surface area contributed by atoms with Gasteiger partial charge < -0.3 is 0 Å². The molecule has 0 unspecified atom stereocenters. The second-order valence-electron chi connectivity index (χ2n) is 3.19. The van der Waals surface area contributed by atoms with Crippen LogP contribution in [0.4, 0.5) is 4.39 Å². The van der Waals surface area contributed by atoms with Gasteiger partial charge in [-0.1, -0.05) is 12.1 Å². The Morgan fingerprint density at radius 3 is 2.80 bits per heavy atom. The number of benzene rings is 1. The first-order valence-electron chi connectivity index (χ1n) is 4.40. The molecule has 0 aliphatic carbocycles. The van der Waals surface area contributed by atoms with Gasteiger partial charge in [-0.25, -0.2) is 14.4 Å². The molecule has 0 spiro atoms. The fourth-order valence-corrected chi connectivity index (χ4v) is 1.69. The minimum absolute atomic E-state index is 0.219. The smallest absolute Gasteiger partial charge is 0.126 e. The Balaban J connectivity index is 2.55. The van der Waals surface area contributed by atoms with Gasteiger partial charge >= 0.3 is 0 Å². The van der Waals surface area contributed by atoms with E-state index in [0.717, 1.165) is 11.1 Å². The lowest BCUT2D eigenvalue weighted by Gasteiger charge is -2.04. The number of aromatic nitrogens is 2. The summed E-state index contributed by atoms with van der Waals surface area (Å²) in [6.45, 7) is 1.73. The molecular formula is C11H8BrFN2. The number of hydrogen-bond acceptors (Lipinski definition) is 2. The quantitative estimate of drug-likeness (QED) is 0.740. The highest BCUT2D eigenvalue weighted by Gasteiger charge is 2.06. The Morgan fingerprint density at radius 2 is 2.13 bits per heavy atom. The largest absolute Gasteiger partial charge is 0.244 e. The van der Waals surface area contributed by atoms with E-state index in [9.17, 15) is 4.39 Å². The molecule has 0 saturated carbocycles. The van der Waals surface area contributed by atoms with Gasteiger partial charge in [0, 0.05) is 11.8 Å². The minimum atomic E-state index is -0.219. The second kappa shape index (κ2) is 4.06. The van der Waals surface area contributed by atoms with E-state index in [1.54, 1.807) is 19.2 Å². The van der Waals surface area contributed by atoms with E-state index >= 15 is 0 Å². The molecule has 0 atom stereocenters. The van der Waals surface area contributed by atoms with Crippen LogP contribution in [0.2, 0.25) is 0 Å². The third kappa shape index (κ3) is 2.04. The molecule has 0 aliphatic rings. The first kappa shape index (κ1) is 10.2. The van der Waals surface area contributed by atoms with Gasteiger partial charge in [-0.15, -0.1) is 0 Å². The summed E-state index contributed by atoms with van der Waals surface area (Å²) in [5.41, 5.74) is 2.19. The Morgan fingerprint density at radius 1 is 1.33 bits per heavy atom. The average Bonchev–Trinajstić information content (AvgIpc) is 2.23. The number of nitrogens with zero attached hydrogens (tertiary/aromatic N) is 2. The Kier molecular flexibility index (Phi) is 2.77. The van der Waals surface area contributed by atoms with Crippen LogP contribution in [-0.4, -0.2) is 9.97 Å². The van der Waals surface area contributed by atoms with Gasteiger partial charge in [-0.05, 0) is 40.0 Å². The highest BCUT2D eigenvalue weighted by atomic mass is 79.9. The first-order valence-corrected chi connectivity index (χ1v) is 5.20. The van der Waals surface area contributed by atoms with Gasteiger partial charge in [0.2, 0.25) is 0 Å². The van der Waals surface area contributed by atoms with E-state index in [4.69, 9.17) is 0 Å². The van der Waals surface area contributed by atoms with Crippen molar-refractivity contribution in [1.29, 1.82) is 0 Å². The minimum Gasteiger partial charge on any atom is -0.244 e. The summed E-state index contributed by atoms with van der Waals surface area (Å²) in [4.78, 5) is 7.90. The molecule has 0 saturated heterocycles. The van der Waals surface area contributed by atoms with Crippen molar-refractivity contribution in [2.75, 3.05) is 0 Å². The van der Waals surface area contributed by atoms with Crippen LogP contribution in [0.25, 0.3) is 11.1 Å². The van der Waals surface area contributed by atoms with Crippen LogP contribution < -0.4 is 0 Å². The predicted octanol–water partition coefficient (Wildman–Crippen LogP) is 3.35. The molecule has 2 aromatic rings. The van der Waals surface area contributed by atoms with Crippen molar-refractivity contribution in [3.8, 4) is 11.1 Å². The van der Waals surface area contributed by atoms with E-state index in [-0.39, 0.29) is 5.82 Å². The van der Waals surface area contributed by atoms with Crippen LogP contribution >= 0.6 is 15.9 Å². The van der Waals surface area contributed by atoms with Gasteiger partial charge in [-0.2, -0.15) is 0 Å². The molecule has 0 aliphatic heterocycles. The summed E-state index contributed by atoms with van der Waals surface area (Å²) in [6, 6.07) is 5.07. The summed E-state index contributed by atoms with van der Waals surface area (Å²) in [7, 11) is 0. The average molecular weight is 267 g/mol. The summed E-state index contributed by atoms with van der Waals surface area (Å²) >= 11 is 3.30. The number of rotatable bonds is 1. The van der Waals surface area contributed by atoms with Crippen molar-refractivity contribution in [3.63, 3.8) is 0 Å². The van der Waals surface area contributed by atoms with E-state index in [0.29, 0.717) is 10.2 Å². The third-order valence-electron chi connectivity index (χ3n) is 2.15. The van der Waals surface area contributed by atoms with Crippen LogP contribution in [0.5, 0.6) is 0 Å². The molecular weight excluding hydrogens is 259 g/mol. The van der Waals surface area contributed by atoms with Crippen LogP contribution in [-0.2, 0) is 0 Å². The topological polar surface area (TPSA) is 25.8 Å². The highest BCUT2D eigenvalue weighted by molar-refractivity contribution is 9.10. The van der Waals surface area contributed by atoms with Gasteiger partial charge in [0.1, 0.15) is 16.7 Å². The molecule has 1 heterocycles. The standard InChI is InChI=1S/C11H8BrFN2/c1-7-2-3-8(4-10(7)13)9-5-14-6-15-11(9)12/h2-6H,1H3. The SMILES string of the molecule is Cc1ccc(-c2cncnc2Br)cc1F. The molecule has 0 bridgehead atoms. The van der Waals surface area contributed by atoms with Crippen LogP contribution in [0, 0.1) is 12.7 Å². The molecule has 0 N–H and O–H groups in total. The maximum absolute atomic E-state index is 13.3. The van der Waals surface area contributed by atoms with Crippen molar-refractivity contribution in [3.05, 3.63) is 46.7 Å². The maximum atomic E-state index is 13.3. The van der Waals surface area contributed by atoms with Gasteiger partial charge in [0.15, 0.2) is 0 Å². The molecule has 1 aromatic carbocycles. The van der Waals surface area contributed by atoms with E-state index in [1.807, 2.05) is 6.07 Å². The van der Waals surface area contributed by atoms with Crippen LogP contribution in [0.1, 0.15) is 5.56 Å². The zero-order valence-electron chi connectivity index (χ0n) is 8.04. The van der Waals surface area contributed by atoms with Crippen molar-refractivity contribution in [2.45, 2.75) is 6.92 Å². The molecule has 2 nitrogen and oxygen atoms in total. The predicted molar refractivity (Wildman–Crippen MR) is 59.9 cm³/mol. The van der Waals surface area contributed by atoms with Gasteiger partial charge in [0.25, 0.3) is 0 Å². The Labute approximate surface area is 95.3 Å². The number of aryl methyl sites for hydroxylation is 1. The molecule has 76 valence electrons. The van der Waals surface area contributed by atoms with E-state index in [2.05, 4.69) is 25.9 Å². The lowest BCUT2D eigenvalue weighted by atomic mass is 10.1. The van der Waals surface area contributed by atoms with Gasteiger partial charge in [-0.3, -0.25) is 0 Å². The van der Waals surface area contributed by atoms with E-state index in [1.165, 1.54) is 12.4 Å². The van der Waals surface area contributed by atoms with Crippen LogP contribution in [0.15, 0.2) is 35.3 Å². The lowest BCUT2D eigenvalue weighted by molar-refractivity contribution is 0.619. The summed E-state index contributed by atoms with van der Waals surface area (Å²) < 4.78 is 14.0. The molecule has 1 aromatic heterocycles. The lowest BCUT2D eigenvalue weighted by Crippen LogP contribution is -1.88. The zero-order valence-corrected chi connectivity index (χ0v) is 9.62. The fraction of sp³-hybridized carbons (Fsp3) is 0.0909. The second-order valence-corrected chi connectivity index (χ2v) is 3.94. The molecule has 15 heavy (non-hydrogen) atoms. The van der Waals surface area contributed by atoms with Crippen molar-refractivity contribution < 1.29 is 4.39 Å². The molecule has 0 radical (unpaired) electrons. The summed E-state index contributed by atoms with van der Waals surface area (Å²) in [5.74, 6) is -0.219. The molecule has 0 amide bonds. The van der Waals surface area contributed by atoms with Crippen molar-refractivity contribution in [1.82, 2.24) is 9.97 Å². The number of halogens is 2. The molecule has 2 rings (SSSR count). The molecule has 0 fully saturated rings. The van der Waals surface area contributed by atoms with Gasteiger partial charge in [0.05, 0.1) is 0 Å². The van der Waals surface area contributed by atoms with E-state index < -0.39 is 0 Å². The maximum Gasteiger partial charge on any atom is 0.126 e. The Bertz CT molecular complexity index is 500.